The minimum atomic E-state index is -0.724. The first-order valence-electron chi connectivity index (χ1n) is 6.98. The zero-order valence-corrected chi connectivity index (χ0v) is 11.9. The average Bonchev–Trinajstić information content (AvgIpc) is 2.68. The van der Waals surface area contributed by atoms with E-state index < -0.39 is 11.6 Å². The summed E-state index contributed by atoms with van der Waals surface area (Å²) in [5, 5.41) is 9.23. The maximum atomic E-state index is 12.0. The van der Waals surface area contributed by atoms with Crippen molar-refractivity contribution < 1.29 is 19.4 Å². The van der Waals surface area contributed by atoms with E-state index in [1.807, 2.05) is 20.8 Å². The summed E-state index contributed by atoms with van der Waals surface area (Å²) >= 11 is 0. The van der Waals surface area contributed by atoms with Crippen molar-refractivity contribution in [1.29, 1.82) is 0 Å². The molecule has 0 spiro atoms. The number of likely N-dealkylation sites (tertiary alicyclic amines) is 1. The number of piperidine rings is 1. The van der Waals surface area contributed by atoms with E-state index in [-0.39, 0.29) is 17.9 Å². The Kier molecular flexibility index (Phi) is 3.74. The highest BCUT2D eigenvalue weighted by atomic mass is 16.6. The fraction of sp³-hybridized carbons (Fsp3) is 0.857. The van der Waals surface area contributed by atoms with Gasteiger partial charge in [0.25, 0.3) is 0 Å². The molecule has 2 fully saturated rings. The van der Waals surface area contributed by atoms with Crippen molar-refractivity contribution in [2.45, 2.75) is 45.6 Å². The number of carboxylic acid groups (broad SMARTS) is 1. The van der Waals surface area contributed by atoms with E-state index in [0.717, 1.165) is 19.3 Å². The van der Waals surface area contributed by atoms with Crippen LogP contribution in [-0.2, 0) is 9.53 Å². The number of fused-ring (bicyclic) bond motifs is 1. The predicted molar refractivity (Wildman–Crippen MR) is 69.8 cm³/mol. The lowest BCUT2D eigenvalue weighted by Crippen LogP contribution is -2.46. The molecule has 0 aromatic heterocycles. The van der Waals surface area contributed by atoms with Crippen LogP contribution in [0, 0.1) is 17.8 Å². The largest absolute Gasteiger partial charge is 0.481 e. The van der Waals surface area contributed by atoms with E-state index in [9.17, 15) is 14.7 Å². The van der Waals surface area contributed by atoms with E-state index in [1.54, 1.807) is 4.90 Å². The topological polar surface area (TPSA) is 66.8 Å². The third-order valence-electron chi connectivity index (χ3n) is 4.14. The molecule has 1 amide bonds. The Morgan fingerprint density at radius 2 is 1.89 bits per heavy atom. The molecule has 19 heavy (non-hydrogen) atoms. The zero-order chi connectivity index (χ0) is 14.2. The quantitative estimate of drug-likeness (QED) is 0.793. The van der Waals surface area contributed by atoms with Crippen molar-refractivity contribution >= 4 is 12.1 Å². The molecule has 3 atom stereocenters. The summed E-state index contributed by atoms with van der Waals surface area (Å²) in [5.74, 6) is -0.465. The number of carbonyl (C=O) groups excluding carboxylic acids is 1. The van der Waals surface area contributed by atoms with Crippen molar-refractivity contribution in [3.8, 4) is 0 Å². The lowest BCUT2D eigenvalue weighted by atomic mass is 9.84. The summed E-state index contributed by atoms with van der Waals surface area (Å²) in [6, 6.07) is 0. The number of aliphatic carboxylic acids is 1. The number of ether oxygens (including phenoxy) is 1. The maximum absolute atomic E-state index is 12.0. The maximum Gasteiger partial charge on any atom is 0.410 e. The highest BCUT2D eigenvalue weighted by Gasteiger charge is 2.44. The molecule has 5 heteroatoms. The van der Waals surface area contributed by atoms with Crippen LogP contribution in [0.5, 0.6) is 0 Å². The van der Waals surface area contributed by atoms with Gasteiger partial charge in [-0.15, -0.1) is 0 Å². The summed E-state index contributed by atoms with van der Waals surface area (Å²) in [6.07, 6.45) is 2.30. The lowest BCUT2D eigenvalue weighted by molar-refractivity contribution is -0.143. The first kappa shape index (κ1) is 14.2. The summed E-state index contributed by atoms with van der Waals surface area (Å²) in [4.78, 5) is 24.9. The Labute approximate surface area is 113 Å². The van der Waals surface area contributed by atoms with Crippen molar-refractivity contribution in [2.75, 3.05) is 13.1 Å². The summed E-state index contributed by atoms with van der Waals surface area (Å²) in [6.45, 7) is 6.73. The van der Waals surface area contributed by atoms with Crippen molar-refractivity contribution in [3.63, 3.8) is 0 Å². The Balaban J connectivity index is 1.99. The molecule has 0 aromatic rings. The molecular weight excluding hydrogens is 246 g/mol. The highest BCUT2D eigenvalue weighted by Crippen LogP contribution is 2.42. The first-order chi connectivity index (χ1) is 8.78. The summed E-state index contributed by atoms with van der Waals surface area (Å²) < 4.78 is 5.36. The first-order valence-corrected chi connectivity index (χ1v) is 6.98. The molecule has 0 bridgehead atoms. The summed E-state index contributed by atoms with van der Waals surface area (Å²) in [5.41, 5.74) is -0.504. The SMILES string of the molecule is CC(C)(C)OC(=O)N1CC[C@@H]2CC[C@@H](C(=O)O)[C@@H]2C1. The molecule has 1 saturated heterocycles. The van der Waals surface area contributed by atoms with Crippen molar-refractivity contribution in [1.82, 2.24) is 4.90 Å². The lowest BCUT2D eigenvalue weighted by Gasteiger charge is -2.37. The average molecular weight is 269 g/mol. The number of rotatable bonds is 1. The van der Waals surface area contributed by atoms with Gasteiger partial charge in [0.2, 0.25) is 0 Å². The van der Waals surface area contributed by atoms with Crippen LogP contribution in [-0.4, -0.2) is 40.8 Å². The van der Waals surface area contributed by atoms with Gasteiger partial charge < -0.3 is 14.7 Å². The second kappa shape index (κ2) is 5.02. The second-order valence-electron chi connectivity index (χ2n) is 6.66. The van der Waals surface area contributed by atoms with Crippen LogP contribution in [0.15, 0.2) is 0 Å². The van der Waals surface area contributed by atoms with Gasteiger partial charge in [0, 0.05) is 13.1 Å². The van der Waals surface area contributed by atoms with Crippen molar-refractivity contribution in [3.05, 3.63) is 0 Å². The van der Waals surface area contributed by atoms with Crippen LogP contribution in [0.1, 0.15) is 40.0 Å². The third kappa shape index (κ3) is 3.19. The molecule has 5 nitrogen and oxygen atoms in total. The molecule has 1 N–H and O–H groups in total. The number of amides is 1. The molecule has 1 heterocycles. The normalized spacial score (nSPS) is 30.9. The Morgan fingerprint density at radius 1 is 1.21 bits per heavy atom. The van der Waals surface area contributed by atoms with E-state index in [2.05, 4.69) is 0 Å². The number of carboxylic acids is 1. The zero-order valence-electron chi connectivity index (χ0n) is 11.9. The van der Waals surface area contributed by atoms with E-state index >= 15 is 0 Å². The fourth-order valence-electron chi connectivity index (χ4n) is 3.25. The van der Waals surface area contributed by atoms with Gasteiger partial charge in [-0.05, 0) is 51.9 Å². The van der Waals surface area contributed by atoms with Gasteiger partial charge in [0.05, 0.1) is 5.92 Å². The Bertz CT molecular complexity index is 374. The van der Waals surface area contributed by atoms with Gasteiger partial charge >= 0.3 is 12.1 Å². The van der Waals surface area contributed by atoms with Crippen LogP contribution in [0.2, 0.25) is 0 Å². The van der Waals surface area contributed by atoms with Crippen molar-refractivity contribution in [2.24, 2.45) is 17.8 Å². The van der Waals surface area contributed by atoms with Crippen LogP contribution in [0.3, 0.4) is 0 Å². The molecule has 1 aliphatic heterocycles. The second-order valence-corrected chi connectivity index (χ2v) is 6.66. The minimum Gasteiger partial charge on any atom is -0.481 e. The Morgan fingerprint density at radius 3 is 2.47 bits per heavy atom. The summed E-state index contributed by atoms with van der Waals surface area (Å²) in [7, 11) is 0. The van der Waals surface area contributed by atoms with E-state index in [0.29, 0.717) is 19.0 Å². The smallest absolute Gasteiger partial charge is 0.410 e. The van der Waals surface area contributed by atoms with Crippen LogP contribution < -0.4 is 0 Å². The molecular formula is C14H23NO4. The van der Waals surface area contributed by atoms with Crippen LogP contribution in [0.4, 0.5) is 4.79 Å². The number of hydrogen-bond acceptors (Lipinski definition) is 3. The minimum absolute atomic E-state index is 0.0961. The highest BCUT2D eigenvalue weighted by molar-refractivity contribution is 5.72. The van der Waals surface area contributed by atoms with Gasteiger partial charge in [0.1, 0.15) is 5.60 Å². The monoisotopic (exact) mass is 269 g/mol. The molecule has 0 unspecified atom stereocenters. The fourth-order valence-corrected chi connectivity index (χ4v) is 3.25. The number of nitrogens with zero attached hydrogens (tertiary/aromatic N) is 1. The molecule has 1 aliphatic carbocycles. The molecule has 1 saturated carbocycles. The van der Waals surface area contributed by atoms with Gasteiger partial charge in [-0.3, -0.25) is 4.79 Å². The number of carbonyl (C=O) groups is 2. The van der Waals surface area contributed by atoms with Gasteiger partial charge in [-0.2, -0.15) is 0 Å². The molecule has 0 aromatic carbocycles. The van der Waals surface area contributed by atoms with E-state index in [1.165, 1.54) is 0 Å². The van der Waals surface area contributed by atoms with Gasteiger partial charge in [-0.25, -0.2) is 4.79 Å². The van der Waals surface area contributed by atoms with E-state index in [4.69, 9.17) is 4.74 Å². The van der Waals surface area contributed by atoms with Crippen LogP contribution >= 0.6 is 0 Å². The van der Waals surface area contributed by atoms with Gasteiger partial charge in [0.15, 0.2) is 0 Å². The Hall–Kier alpha value is -1.26. The van der Waals surface area contributed by atoms with Gasteiger partial charge in [-0.1, -0.05) is 0 Å². The standard InChI is InChI=1S/C14H23NO4/c1-14(2,3)19-13(18)15-7-6-9-4-5-10(12(16)17)11(9)8-15/h9-11H,4-8H2,1-3H3,(H,16,17)/t9-,10+,11+/m0/s1. The molecule has 2 rings (SSSR count). The molecule has 108 valence electrons. The van der Waals surface area contributed by atoms with Crippen LogP contribution in [0.25, 0.3) is 0 Å². The predicted octanol–water partition coefficient (Wildman–Crippen LogP) is 2.35. The third-order valence-corrected chi connectivity index (χ3v) is 4.14. The number of hydrogen-bond donors (Lipinski definition) is 1. The molecule has 0 radical (unpaired) electrons. The molecule has 2 aliphatic rings.